The molecule has 0 aliphatic heterocycles. The average molecular weight is 776 g/mol. The molecule has 2 atom stereocenters. The summed E-state index contributed by atoms with van der Waals surface area (Å²) in [6, 6.07) is 0. The predicted molar refractivity (Wildman–Crippen MR) is 220 cm³/mol. The molecule has 0 aliphatic carbocycles. The van der Waals surface area contributed by atoms with E-state index in [1.165, 1.54) is 161 Å². The van der Waals surface area contributed by atoms with E-state index in [4.69, 9.17) is 18.5 Å². The van der Waals surface area contributed by atoms with Crippen LogP contribution in [0.5, 0.6) is 0 Å². The number of rotatable bonds is 43. The zero-order chi connectivity index (χ0) is 38.9. The van der Waals surface area contributed by atoms with Crippen LogP contribution >= 0.6 is 7.82 Å². The Morgan fingerprint density at radius 2 is 0.849 bits per heavy atom. The molecule has 0 aromatic carbocycles. The largest absolute Gasteiger partial charge is 0.472 e. The van der Waals surface area contributed by atoms with Crippen LogP contribution in [0.4, 0.5) is 0 Å². The molecule has 0 spiro atoms. The zero-order valence-electron chi connectivity index (χ0n) is 35.0. The first kappa shape index (κ1) is 52.0. The molecule has 0 aromatic rings. The number of likely N-dealkylation sites (N-methyl/N-ethyl adjacent to an activating group) is 1. The zero-order valence-corrected chi connectivity index (χ0v) is 35.9. The molecule has 2 N–H and O–H groups in total. The number of esters is 2. The van der Waals surface area contributed by atoms with Crippen molar-refractivity contribution in [3.63, 3.8) is 0 Å². The molecule has 0 saturated heterocycles. The summed E-state index contributed by atoms with van der Waals surface area (Å²) >= 11 is 0. The van der Waals surface area contributed by atoms with Gasteiger partial charge in [0.2, 0.25) is 0 Å². The molecule has 316 valence electrons. The number of phosphoric acid groups is 1. The van der Waals surface area contributed by atoms with E-state index in [0.717, 1.165) is 32.1 Å². The van der Waals surface area contributed by atoms with Crippen molar-refractivity contribution >= 4 is 19.8 Å². The van der Waals surface area contributed by atoms with Gasteiger partial charge in [0, 0.05) is 19.4 Å². The van der Waals surface area contributed by atoms with E-state index in [1.54, 1.807) is 7.05 Å². The Balaban J connectivity index is 4.10. The number of unbranched alkanes of at least 4 members (excludes halogenated alkanes) is 29. The summed E-state index contributed by atoms with van der Waals surface area (Å²) in [5, 5.41) is 2.83. The number of carbonyl (C=O) groups excluding carboxylic acids is 2. The van der Waals surface area contributed by atoms with Gasteiger partial charge < -0.3 is 19.7 Å². The SMILES string of the molecule is CCCCCCCCCCCCCCCCCCCCCC(=O)OCC(COP(=O)(O)OCCNC)OC(=O)CCCCCCCCCCCCCC. The smallest absolute Gasteiger partial charge is 0.462 e. The fourth-order valence-corrected chi connectivity index (χ4v) is 7.31. The molecule has 10 heteroatoms. The lowest BCUT2D eigenvalue weighted by Crippen LogP contribution is -2.29. The standard InChI is InChI=1S/C43H86NO8P/c1-4-6-8-10-12-14-16-18-19-20-21-22-23-24-26-27-29-31-33-35-42(45)49-39-41(40-51-53(47,48)50-38-37-44-3)52-43(46)36-34-32-30-28-25-17-15-13-11-9-7-5-2/h41,44H,4-40H2,1-3H3,(H,47,48). The number of carbonyl (C=O) groups is 2. The van der Waals surface area contributed by atoms with Crippen LogP contribution in [-0.2, 0) is 32.7 Å². The molecule has 9 nitrogen and oxygen atoms in total. The predicted octanol–water partition coefficient (Wildman–Crippen LogP) is 12.7. The quantitative estimate of drug-likeness (QED) is 0.0354. The average Bonchev–Trinajstić information content (AvgIpc) is 3.14. The molecule has 0 heterocycles. The van der Waals surface area contributed by atoms with Gasteiger partial charge in [-0.05, 0) is 19.9 Å². The minimum Gasteiger partial charge on any atom is -0.462 e. The fraction of sp³-hybridized carbons (Fsp3) is 0.953. The molecule has 0 bridgehead atoms. The van der Waals surface area contributed by atoms with Gasteiger partial charge in [0.25, 0.3) is 0 Å². The third kappa shape index (κ3) is 40.5. The summed E-state index contributed by atoms with van der Waals surface area (Å²) in [4.78, 5) is 35.0. The van der Waals surface area contributed by atoms with Crippen molar-refractivity contribution in [1.29, 1.82) is 0 Å². The molecule has 2 unspecified atom stereocenters. The van der Waals surface area contributed by atoms with Gasteiger partial charge in [0.05, 0.1) is 13.2 Å². The summed E-state index contributed by atoms with van der Waals surface area (Å²) in [6.45, 7) is 4.26. The Morgan fingerprint density at radius 1 is 0.509 bits per heavy atom. The molecule has 0 fully saturated rings. The second-order valence-electron chi connectivity index (χ2n) is 15.2. The number of hydrogen-bond acceptors (Lipinski definition) is 8. The van der Waals surface area contributed by atoms with Crippen LogP contribution < -0.4 is 5.32 Å². The Labute approximate surface area is 327 Å². The Morgan fingerprint density at radius 3 is 1.21 bits per heavy atom. The maximum atomic E-state index is 12.6. The van der Waals surface area contributed by atoms with Crippen LogP contribution in [0.15, 0.2) is 0 Å². The summed E-state index contributed by atoms with van der Waals surface area (Å²) in [6.07, 6.45) is 38.6. The number of hydrogen-bond donors (Lipinski definition) is 2. The van der Waals surface area contributed by atoms with E-state index in [2.05, 4.69) is 19.2 Å². The Hall–Kier alpha value is -0.990. The van der Waals surface area contributed by atoms with Crippen molar-refractivity contribution in [2.75, 3.05) is 33.4 Å². The third-order valence-corrected chi connectivity index (χ3v) is 11.0. The summed E-state index contributed by atoms with van der Waals surface area (Å²) in [5.74, 6) is -0.791. The lowest BCUT2D eigenvalue weighted by atomic mass is 10.0. The molecule has 0 saturated carbocycles. The van der Waals surface area contributed by atoms with Crippen LogP contribution in [0.3, 0.4) is 0 Å². The Kier molecular flexibility index (Phi) is 39.9. The van der Waals surface area contributed by atoms with Crippen molar-refractivity contribution in [2.45, 2.75) is 232 Å². The lowest BCUT2D eigenvalue weighted by molar-refractivity contribution is -0.161. The van der Waals surface area contributed by atoms with Crippen molar-refractivity contribution in [2.24, 2.45) is 0 Å². The van der Waals surface area contributed by atoms with Gasteiger partial charge in [-0.15, -0.1) is 0 Å². The van der Waals surface area contributed by atoms with Crippen molar-refractivity contribution in [3.8, 4) is 0 Å². The maximum Gasteiger partial charge on any atom is 0.472 e. The number of ether oxygens (including phenoxy) is 2. The summed E-state index contributed by atoms with van der Waals surface area (Å²) in [5.41, 5.74) is 0. The number of nitrogens with one attached hydrogen (secondary N) is 1. The molecular weight excluding hydrogens is 689 g/mol. The van der Waals surface area contributed by atoms with Crippen LogP contribution in [0.25, 0.3) is 0 Å². The highest BCUT2D eigenvalue weighted by Gasteiger charge is 2.26. The van der Waals surface area contributed by atoms with Gasteiger partial charge in [-0.1, -0.05) is 200 Å². The first-order chi connectivity index (χ1) is 25.8. The van der Waals surface area contributed by atoms with Gasteiger partial charge in [-0.3, -0.25) is 18.6 Å². The monoisotopic (exact) mass is 776 g/mol. The normalized spacial score (nSPS) is 13.2. The van der Waals surface area contributed by atoms with Gasteiger partial charge in [-0.2, -0.15) is 0 Å². The highest BCUT2D eigenvalue weighted by molar-refractivity contribution is 7.47. The third-order valence-electron chi connectivity index (χ3n) is 9.98. The molecule has 0 aliphatic rings. The van der Waals surface area contributed by atoms with Crippen LogP contribution in [-0.4, -0.2) is 56.3 Å². The van der Waals surface area contributed by atoms with E-state index >= 15 is 0 Å². The van der Waals surface area contributed by atoms with Gasteiger partial charge in [0.1, 0.15) is 6.61 Å². The van der Waals surface area contributed by atoms with Crippen LogP contribution in [0.1, 0.15) is 226 Å². The van der Waals surface area contributed by atoms with E-state index in [9.17, 15) is 19.0 Å². The molecule has 0 radical (unpaired) electrons. The fourth-order valence-electron chi connectivity index (χ4n) is 6.55. The molecule has 0 rings (SSSR count). The van der Waals surface area contributed by atoms with Crippen LogP contribution in [0, 0.1) is 0 Å². The minimum absolute atomic E-state index is 0.0118. The first-order valence-electron chi connectivity index (χ1n) is 22.5. The highest BCUT2D eigenvalue weighted by atomic mass is 31.2. The van der Waals surface area contributed by atoms with Crippen molar-refractivity contribution < 1.29 is 37.6 Å². The second kappa shape index (κ2) is 40.7. The molecular formula is C43H86NO8P. The summed E-state index contributed by atoms with van der Waals surface area (Å²) < 4.78 is 33.2. The van der Waals surface area contributed by atoms with E-state index in [0.29, 0.717) is 19.4 Å². The minimum atomic E-state index is -4.34. The van der Waals surface area contributed by atoms with Crippen LogP contribution in [0.2, 0.25) is 0 Å². The second-order valence-corrected chi connectivity index (χ2v) is 16.7. The van der Waals surface area contributed by atoms with E-state index in [-0.39, 0.29) is 25.6 Å². The Bertz CT molecular complexity index is 845. The number of phosphoric ester groups is 1. The highest BCUT2D eigenvalue weighted by Crippen LogP contribution is 2.43. The van der Waals surface area contributed by atoms with E-state index in [1.807, 2.05) is 0 Å². The van der Waals surface area contributed by atoms with Gasteiger partial charge in [0.15, 0.2) is 6.10 Å². The molecule has 0 amide bonds. The van der Waals surface area contributed by atoms with Gasteiger partial charge >= 0.3 is 19.8 Å². The topological polar surface area (TPSA) is 120 Å². The lowest BCUT2D eigenvalue weighted by Gasteiger charge is -2.20. The summed E-state index contributed by atoms with van der Waals surface area (Å²) in [7, 11) is -2.64. The maximum absolute atomic E-state index is 12.6. The molecule has 0 aromatic heterocycles. The van der Waals surface area contributed by atoms with Crippen molar-refractivity contribution in [1.82, 2.24) is 5.32 Å². The van der Waals surface area contributed by atoms with Crippen molar-refractivity contribution in [3.05, 3.63) is 0 Å². The van der Waals surface area contributed by atoms with E-state index < -0.39 is 26.5 Å². The molecule has 53 heavy (non-hydrogen) atoms. The first-order valence-corrected chi connectivity index (χ1v) is 24.0. The van der Waals surface area contributed by atoms with Gasteiger partial charge in [-0.25, -0.2) is 4.57 Å².